The predicted octanol–water partition coefficient (Wildman–Crippen LogP) is 1.77. The van der Waals surface area contributed by atoms with E-state index in [4.69, 9.17) is 25.4 Å². The topological polar surface area (TPSA) is 144 Å². The third-order valence-electron chi connectivity index (χ3n) is 4.17. The normalized spacial score (nSPS) is 14.0. The molecule has 1 heterocycles. The molecule has 0 saturated carbocycles. The maximum absolute atomic E-state index is 12.2. The molecule has 0 amide bonds. The van der Waals surface area contributed by atoms with Gasteiger partial charge in [0.1, 0.15) is 36.1 Å². The number of aliphatic carboxylic acids is 1. The summed E-state index contributed by atoms with van der Waals surface area (Å²) >= 11 is 0. The fraction of sp³-hybridized carbons (Fsp3) is 0.211. The lowest BCUT2D eigenvalue weighted by atomic mass is 10.0. The van der Waals surface area contributed by atoms with Gasteiger partial charge in [-0.3, -0.25) is 5.41 Å². The lowest BCUT2D eigenvalue weighted by Gasteiger charge is -2.21. The minimum Gasteiger partial charge on any atom is -0.497 e. The number of carboxylic acid groups (broad SMARTS) is 1. The molecule has 0 spiro atoms. The van der Waals surface area contributed by atoms with E-state index in [-0.39, 0.29) is 35.9 Å². The maximum atomic E-state index is 12.2. The van der Waals surface area contributed by atoms with Crippen molar-refractivity contribution in [3.05, 3.63) is 53.1 Å². The summed E-state index contributed by atoms with van der Waals surface area (Å²) in [5, 5.41) is 20.1. The van der Waals surface area contributed by atoms with Gasteiger partial charge in [-0.05, 0) is 36.4 Å². The summed E-state index contributed by atoms with van der Waals surface area (Å²) in [5.74, 6) is -1.43. The second-order valence-electron chi connectivity index (χ2n) is 5.98. The molecule has 0 fully saturated rings. The molecule has 1 atom stereocenters. The first kappa shape index (κ1) is 19.0. The number of amidine groups is 1. The number of nitrogen functional groups attached to an aromatic ring is 1. The van der Waals surface area contributed by atoms with Gasteiger partial charge in [0.15, 0.2) is 6.04 Å². The number of cyclic esters (lactones) is 1. The van der Waals surface area contributed by atoms with Gasteiger partial charge >= 0.3 is 11.9 Å². The molecule has 9 heteroatoms. The molecule has 146 valence electrons. The van der Waals surface area contributed by atoms with Crippen LogP contribution in [0, 0.1) is 5.41 Å². The number of hydrogen-bond acceptors (Lipinski definition) is 7. The first-order valence-corrected chi connectivity index (χ1v) is 8.36. The van der Waals surface area contributed by atoms with Crippen LogP contribution in [0.15, 0.2) is 36.4 Å². The smallest absolute Gasteiger partial charge is 0.342 e. The number of esters is 1. The second kappa shape index (κ2) is 7.87. The van der Waals surface area contributed by atoms with Crippen LogP contribution < -0.4 is 20.5 Å². The zero-order chi connectivity index (χ0) is 20.3. The molecule has 0 saturated heterocycles. The molecule has 0 radical (unpaired) electrons. The van der Waals surface area contributed by atoms with E-state index in [2.05, 4.69) is 5.32 Å². The molecule has 9 nitrogen and oxygen atoms in total. The van der Waals surface area contributed by atoms with Gasteiger partial charge in [0.25, 0.3) is 0 Å². The van der Waals surface area contributed by atoms with Crippen LogP contribution in [0.2, 0.25) is 0 Å². The van der Waals surface area contributed by atoms with Crippen LogP contribution in [0.5, 0.6) is 11.5 Å². The minimum atomic E-state index is -1.22. The lowest BCUT2D eigenvalue weighted by molar-refractivity contribution is -0.138. The molecule has 0 aromatic heterocycles. The highest BCUT2D eigenvalue weighted by Crippen LogP contribution is 2.37. The maximum Gasteiger partial charge on any atom is 0.342 e. The molecule has 0 bridgehead atoms. The van der Waals surface area contributed by atoms with Crippen LogP contribution in [-0.4, -0.2) is 43.2 Å². The van der Waals surface area contributed by atoms with Crippen molar-refractivity contribution in [3.8, 4) is 11.5 Å². The minimum absolute atomic E-state index is 0.0624. The highest BCUT2D eigenvalue weighted by Gasteiger charge is 2.30. The number of fused-ring (bicyclic) bond motifs is 1. The van der Waals surface area contributed by atoms with Gasteiger partial charge < -0.3 is 30.4 Å². The Labute approximate surface area is 160 Å². The third-order valence-corrected chi connectivity index (χ3v) is 4.17. The summed E-state index contributed by atoms with van der Waals surface area (Å²) < 4.78 is 15.9. The number of nitrogens with two attached hydrogens (primary N) is 1. The second-order valence-corrected chi connectivity index (χ2v) is 5.98. The molecule has 0 aliphatic carbocycles. The SMILES string of the molecule is COc1cc2c(c(C(Nc3ccc(C(=N)N)cc3)C(=O)O)c1)OCCOC2=O. The number of nitrogens with one attached hydrogen (secondary N) is 2. The Bertz CT molecular complexity index is 926. The van der Waals surface area contributed by atoms with Gasteiger partial charge in [0.2, 0.25) is 0 Å². The zero-order valence-corrected chi connectivity index (χ0v) is 15.0. The van der Waals surface area contributed by atoms with Crippen LogP contribution in [0.25, 0.3) is 0 Å². The van der Waals surface area contributed by atoms with E-state index in [0.717, 1.165) is 0 Å². The Balaban J connectivity index is 2.04. The van der Waals surface area contributed by atoms with Crippen molar-refractivity contribution < 1.29 is 28.9 Å². The van der Waals surface area contributed by atoms with E-state index >= 15 is 0 Å². The fourth-order valence-electron chi connectivity index (χ4n) is 2.81. The van der Waals surface area contributed by atoms with Gasteiger partial charge in [-0.25, -0.2) is 9.59 Å². The van der Waals surface area contributed by atoms with E-state index in [9.17, 15) is 14.7 Å². The van der Waals surface area contributed by atoms with Gasteiger partial charge in [-0.1, -0.05) is 0 Å². The molecule has 28 heavy (non-hydrogen) atoms. The van der Waals surface area contributed by atoms with Crippen LogP contribution in [0.3, 0.4) is 0 Å². The average Bonchev–Trinajstić information content (AvgIpc) is 2.87. The molecule has 2 aromatic carbocycles. The summed E-state index contributed by atoms with van der Waals surface area (Å²) in [5.41, 5.74) is 6.77. The van der Waals surface area contributed by atoms with Crippen molar-refractivity contribution in [1.82, 2.24) is 0 Å². The van der Waals surface area contributed by atoms with E-state index in [1.165, 1.54) is 19.2 Å². The van der Waals surface area contributed by atoms with Gasteiger partial charge in [-0.2, -0.15) is 0 Å². The Kier molecular flexibility index (Phi) is 5.35. The molecule has 5 N–H and O–H groups in total. The summed E-state index contributed by atoms with van der Waals surface area (Å²) in [6.45, 7) is 0.171. The van der Waals surface area contributed by atoms with E-state index in [1.807, 2.05) is 0 Å². The Hall–Kier alpha value is -3.75. The van der Waals surface area contributed by atoms with Crippen molar-refractivity contribution in [3.63, 3.8) is 0 Å². The van der Waals surface area contributed by atoms with Crippen LogP contribution in [0.1, 0.15) is 27.5 Å². The monoisotopic (exact) mass is 385 g/mol. The Morgan fingerprint density at radius 2 is 1.93 bits per heavy atom. The zero-order valence-electron chi connectivity index (χ0n) is 15.0. The summed E-state index contributed by atoms with van der Waals surface area (Å²) in [7, 11) is 1.41. The largest absolute Gasteiger partial charge is 0.497 e. The van der Waals surface area contributed by atoms with E-state index < -0.39 is 18.0 Å². The number of benzene rings is 2. The quantitative estimate of drug-likeness (QED) is 0.334. The average molecular weight is 385 g/mol. The predicted molar refractivity (Wildman–Crippen MR) is 100 cm³/mol. The number of carboxylic acids is 1. The van der Waals surface area contributed by atoms with Crippen molar-refractivity contribution in [2.45, 2.75) is 6.04 Å². The molecular weight excluding hydrogens is 366 g/mol. The number of hydrogen-bond donors (Lipinski definition) is 4. The summed E-state index contributed by atoms with van der Waals surface area (Å²) in [4.78, 5) is 24.2. The standard InChI is InChI=1S/C19H19N3O6/c1-26-12-8-13(16-14(9-12)19(25)28-7-6-27-16)15(18(23)24)22-11-4-2-10(3-5-11)17(20)21/h2-5,8-9,15,22H,6-7H2,1H3,(H3,20,21)(H,23,24). The number of anilines is 1. The Morgan fingerprint density at radius 1 is 1.25 bits per heavy atom. The summed E-state index contributed by atoms with van der Waals surface area (Å²) in [6.07, 6.45) is 0. The molecule has 1 aliphatic heterocycles. The number of carbonyl (C=O) groups excluding carboxylic acids is 1. The number of rotatable bonds is 6. The van der Waals surface area contributed by atoms with Gasteiger partial charge in [0.05, 0.1) is 7.11 Å². The number of methoxy groups -OCH3 is 1. The number of ether oxygens (including phenoxy) is 3. The van der Waals surface area contributed by atoms with Crippen LogP contribution in [0.4, 0.5) is 5.69 Å². The highest BCUT2D eigenvalue weighted by atomic mass is 16.6. The summed E-state index contributed by atoms with van der Waals surface area (Å²) in [6, 6.07) is 8.16. The van der Waals surface area contributed by atoms with Crippen molar-refractivity contribution in [2.75, 3.05) is 25.6 Å². The fourth-order valence-corrected chi connectivity index (χ4v) is 2.81. The molecule has 1 aliphatic rings. The first-order chi connectivity index (χ1) is 13.4. The molecule has 2 aromatic rings. The van der Waals surface area contributed by atoms with E-state index in [1.54, 1.807) is 24.3 Å². The molecule has 1 unspecified atom stereocenters. The third kappa shape index (κ3) is 3.83. The molecule has 3 rings (SSSR count). The van der Waals surface area contributed by atoms with Crippen LogP contribution >= 0.6 is 0 Å². The number of carbonyl (C=O) groups is 2. The first-order valence-electron chi connectivity index (χ1n) is 8.36. The highest BCUT2D eigenvalue weighted by molar-refractivity contribution is 5.96. The molecular formula is C19H19N3O6. The Morgan fingerprint density at radius 3 is 2.54 bits per heavy atom. The van der Waals surface area contributed by atoms with E-state index in [0.29, 0.717) is 17.0 Å². The lowest BCUT2D eigenvalue weighted by Crippen LogP contribution is -2.22. The van der Waals surface area contributed by atoms with Crippen LogP contribution in [-0.2, 0) is 9.53 Å². The van der Waals surface area contributed by atoms with Gasteiger partial charge in [-0.15, -0.1) is 0 Å². The van der Waals surface area contributed by atoms with Crippen molar-refractivity contribution in [2.24, 2.45) is 5.73 Å². The van der Waals surface area contributed by atoms with Gasteiger partial charge in [0, 0.05) is 16.8 Å². The van der Waals surface area contributed by atoms with Crippen molar-refractivity contribution in [1.29, 1.82) is 5.41 Å². The van der Waals surface area contributed by atoms with Crippen molar-refractivity contribution >= 4 is 23.5 Å².